The van der Waals surface area contributed by atoms with Crippen molar-refractivity contribution in [2.75, 3.05) is 13.1 Å². The predicted molar refractivity (Wildman–Crippen MR) is 66.9 cm³/mol. The average molecular weight is 242 g/mol. The quantitative estimate of drug-likeness (QED) is 0.668. The number of carbonyl (C=O) groups is 2. The molecule has 98 valence electrons. The molecule has 5 heteroatoms. The molecule has 0 aliphatic heterocycles. The van der Waals surface area contributed by atoms with E-state index in [0.717, 1.165) is 0 Å². The van der Waals surface area contributed by atoms with E-state index in [4.69, 9.17) is 5.11 Å². The summed E-state index contributed by atoms with van der Waals surface area (Å²) in [6, 6.07) is -1.20. The lowest BCUT2D eigenvalue weighted by Gasteiger charge is -2.25. The number of nitrogens with zero attached hydrogens (tertiary/aromatic N) is 1. The Morgan fingerprint density at radius 1 is 1.47 bits per heavy atom. The number of urea groups is 1. The summed E-state index contributed by atoms with van der Waals surface area (Å²) < 4.78 is 0. The van der Waals surface area contributed by atoms with Crippen molar-refractivity contribution >= 4 is 12.0 Å². The number of rotatable bonds is 7. The Morgan fingerprint density at radius 2 is 2.06 bits per heavy atom. The number of hydrogen-bond donors (Lipinski definition) is 2. The van der Waals surface area contributed by atoms with Crippen LogP contribution in [0.4, 0.5) is 4.79 Å². The first kappa shape index (κ1) is 15.5. The molecule has 0 spiro atoms. The second kappa shape index (κ2) is 7.70. The van der Waals surface area contributed by atoms with Crippen molar-refractivity contribution in [1.82, 2.24) is 10.2 Å². The molecule has 5 nitrogen and oxygen atoms in total. The van der Waals surface area contributed by atoms with Crippen molar-refractivity contribution in [2.24, 2.45) is 5.92 Å². The van der Waals surface area contributed by atoms with Crippen LogP contribution in [0.2, 0.25) is 0 Å². The summed E-state index contributed by atoms with van der Waals surface area (Å²) in [5.74, 6) is -1.10. The summed E-state index contributed by atoms with van der Waals surface area (Å²) in [6.45, 7) is 10.0. The number of nitrogens with one attached hydrogen (secondary N) is 1. The molecule has 0 saturated heterocycles. The lowest BCUT2D eigenvalue weighted by Crippen LogP contribution is -2.50. The lowest BCUT2D eigenvalue weighted by atomic mass is 9.99. The first-order chi connectivity index (χ1) is 7.97. The molecular weight excluding hydrogens is 220 g/mol. The number of carbonyl (C=O) groups excluding carboxylic acids is 1. The molecule has 0 aromatic carbocycles. The Bertz CT molecular complexity index is 279. The van der Waals surface area contributed by atoms with Crippen molar-refractivity contribution in [2.45, 2.75) is 33.2 Å². The highest BCUT2D eigenvalue weighted by molar-refractivity contribution is 5.82. The maximum Gasteiger partial charge on any atom is 0.326 e. The molecular formula is C12H22N2O3. The van der Waals surface area contributed by atoms with Gasteiger partial charge in [0.05, 0.1) is 0 Å². The summed E-state index contributed by atoms with van der Waals surface area (Å²) in [4.78, 5) is 24.4. The number of aliphatic carboxylic acids is 1. The van der Waals surface area contributed by atoms with Gasteiger partial charge in [0, 0.05) is 13.1 Å². The van der Waals surface area contributed by atoms with Crippen molar-refractivity contribution < 1.29 is 14.7 Å². The van der Waals surface area contributed by atoms with Crippen LogP contribution in [0.1, 0.15) is 27.2 Å². The minimum absolute atomic E-state index is 0.0983. The van der Waals surface area contributed by atoms with Gasteiger partial charge in [0.2, 0.25) is 0 Å². The molecule has 2 unspecified atom stereocenters. The van der Waals surface area contributed by atoms with Gasteiger partial charge in [-0.15, -0.1) is 6.58 Å². The molecule has 0 saturated carbocycles. The molecule has 2 N–H and O–H groups in total. The minimum atomic E-state index is -0.998. The predicted octanol–water partition coefficient (Wildman–Crippen LogP) is 1.70. The topological polar surface area (TPSA) is 69.6 Å². The number of likely N-dealkylation sites (N-methyl/N-ethyl adjacent to an activating group) is 1. The van der Waals surface area contributed by atoms with Crippen molar-refractivity contribution in [3.63, 3.8) is 0 Å². The zero-order valence-electron chi connectivity index (χ0n) is 10.8. The van der Waals surface area contributed by atoms with Crippen molar-refractivity contribution in [3.05, 3.63) is 12.7 Å². The average Bonchev–Trinajstić information content (AvgIpc) is 2.31. The van der Waals surface area contributed by atoms with Gasteiger partial charge < -0.3 is 15.3 Å². The standard InChI is InChI=1S/C12H22N2O3/c1-5-8-14(7-3)12(17)13-10(11(15)16)9(4)6-2/h5,9-10H,1,6-8H2,2-4H3,(H,13,17)(H,15,16). The fraction of sp³-hybridized carbons (Fsp3) is 0.667. The molecule has 17 heavy (non-hydrogen) atoms. The Morgan fingerprint density at radius 3 is 2.41 bits per heavy atom. The molecule has 0 aliphatic rings. The van der Waals surface area contributed by atoms with Gasteiger partial charge in [-0.2, -0.15) is 0 Å². The second-order valence-corrected chi connectivity index (χ2v) is 3.98. The smallest absolute Gasteiger partial charge is 0.326 e. The maximum atomic E-state index is 11.8. The van der Waals surface area contributed by atoms with Crippen LogP contribution in [0.15, 0.2) is 12.7 Å². The molecule has 0 fully saturated rings. The zero-order valence-corrected chi connectivity index (χ0v) is 10.8. The molecule has 2 atom stereocenters. The lowest BCUT2D eigenvalue weighted by molar-refractivity contribution is -0.140. The van der Waals surface area contributed by atoms with Gasteiger partial charge in [-0.05, 0) is 12.8 Å². The van der Waals surface area contributed by atoms with Gasteiger partial charge >= 0.3 is 12.0 Å². The Balaban J connectivity index is 4.58. The normalized spacial score (nSPS) is 13.6. The van der Waals surface area contributed by atoms with E-state index < -0.39 is 12.0 Å². The summed E-state index contributed by atoms with van der Waals surface area (Å²) >= 11 is 0. The van der Waals surface area contributed by atoms with E-state index in [2.05, 4.69) is 11.9 Å². The third kappa shape index (κ3) is 4.89. The van der Waals surface area contributed by atoms with E-state index in [0.29, 0.717) is 19.5 Å². The number of hydrogen-bond acceptors (Lipinski definition) is 2. The summed E-state index contributed by atoms with van der Waals surface area (Å²) in [5, 5.41) is 11.6. The van der Waals surface area contributed by atoms with Crippen LogP contribution in [0.3, 0.4) is 0 Å². The van der Waals surface area contributed by atoms with Crippen LogP contribution in [-0.4, -0.2) is 41.1 Å². The molecule has 0 bridgehead atoms. The fourth-order valence-electron chi connectivity index (χ4n) is 1.42. The van der Waals surface area contributed by atoms with Gasteiger partial charge in [-0.25, -0.2) is 9.59 Å². The van der Waals surface area contributed by atoms with E-state index in [1.807, 2.05) is 20.8 Å². The molecule has 0 rings (SSSR count). The van der Waals surface area contributed by atoms with Gasteiger partial charge in [0.1, 0.15) is 6.04 Å². The molecule has 2 amide bonds. The highest BCUT2D eigenvalue weighted by Crippen LogP contribution is 2.08. The molecule has 0 aromatic rings. The number of carboxylic acids is 1. The van der Waals surface area contributed by atoms with Crippen LogP contribution in [0.25, 0.3) is 0 Å². The number of carboxylic acid groups (broad SMARTS) is 1. The van der Waals surface area contributed by atoms with E-state index in [1.54, 1.807) is 6.08 Å². The van der Waals surface area contributed by atoms with Crippen LogP contribution < -0.4 is 5.32 Å². The molecule has 0 heterocycles. The third-order valence-electron chi connectivity index (χ3n) is 2.78. The van der Waals surface area contributed by atoms with Gasteiger partial charge in [0.25, 0.3) is 0 Å². The van der Waals surface area contributed by atoms with Crippen LogP contribution in [0, 0.1) is 5.92 Å². The zero-order chi connectivity index (χ0) is 13.4. The fourth-order valence-corrected chi connectivity index (χ4v) is 1.42. The third-order valence-corrected chi connectivity index (χ3v) is 2.78. The Hall–Kier alpha value is -1.52. The Labute approximate surface area is 102 Å². The highest BCUT2D eigenvalue weighted by Gasteiger charge is 2.26. The largest absolute Gasteiger partial charge is 0.480 e. The second-order valence-electron chi connectivity index (χ2n) is 3.98. The minimum Gasteiger partial charge on any atom is -0.480 e. The van der Waals surface area contributed by atoms with Crippen molar-refractivity contribution in [3.8, 4) is 0 Å². The first-order valence-electron chi connectivity index (χ1n) is 5.86. The van der Waals surface area contributed by atoms with E-state index >= 15 is 0 Å². The van der Waals surface area contributed by atoms with Crippen LogP contribution >= 0.6 is 0 Å². The van der Waals surface area contributed by atoms with E-state index in [-0.39, 0.29) is 11.9 Å². The van der Waals surface area contributed by atoms with Gasteiger partial charge in [0.15, 0.2) is 0 Å². The summed E-state index contributed by atoms with van der Waals surface area (Å²) in [5.41, 5.74) is 0. The van der Waals surface area contributed by atoms with E-state index in [9.17, 15) is 9.59 Å². The van der Waals surface area contributed by atoms with Gasteiger partial charge in [-0.3, -0.25) is 0 Å². The van der Waals surface area contributed by atoms with Gasteiger partial charge in [-0.1, -0.05) is 26.3 Å². The summed E-state index contributed by atoms with van der Waals surface area (Å²) in [7, 11) is 0. The summed E-state index contributed by atoms with van der Waals surface area (Å²) in [6.07, 6.45) is 2.31. The number of amides is 2. The molecule has 0 radical (unpaired) electrons. The SMILES string of the molecule is C=CCN(CC)C(=O)NC(C(=O)O)C(C)CC. The van der Waals surface area contributed by atoms with Crippen molar-refractivity contribution in [1.29, 1.82) is 0 Å². The molecule has 0 aromatic heterocycles. The van der Waals surface area contributed by atoms with E-state index in [1.165, 1.54) is 4.90 Å². The monoisotopic (exact) mass is 242 g/mol. The highest BCUT2D eigenvalue weighted by atomic mass is 16.4. The first-order valence-corrected chi connectivity index (χ1v) is 5.86. The molecule has 0 aliphatic carbocycles. The Kier molecular flexibility index (Phi) is 7.02. The van der Waals surface area contributed by atoms with Crippen LogP contribution in [-0.2, 0) is 4.79 Å². The maximum absolute atomic E-state index is 11.8. The van der Waals surface area contributed by atoms with Crippen LogP contribution in [0.5, 0.6) is 0 Å².